The molecule has 3 aromatic rings. The Kier molecular flexibility index (Phi) is 10.3. The topological polar surface area (TPSA) is 159 Å². The summed E-state index contributed by atoms with van der Waals surface area (Å²) in [6.45, 7) is 2.28. The molecule has 0 saturated carbocycles. The molecule has 0 atom stereocenters. The van der Waals surface area contributed by atoms with Gasteiger partial charge in [0, 0.05) is 51.5 Å². The summed E-state index contributed by atoms with van der Waals surface area (Å²) < 4.78 is 65.1. The third-order valence-electron chi connectivity index (χ3n) is 5.24. The predicted octanol–water partition coefficient (Wildman–Crippen LogP) is 3.40. The maximum Gasteiger partial charge on any atom is 0.490 e. The maximum atomic E-state index is 12.0. The number of carboxylic acid groups (broad SMARTS) is 3. The zero-order valence-corrected chi connectivity index (χ0v) is 20.4. The van der Waals surface area contributed by atoms with Crippen molar-refractivity contribution in [1.82, 2.24) is 24.6 Å². The van der Waals surface area contributed by atoms with E-state index >= 15 is 0 Å². The zero-order chi connectivity index (χ0) is 30.3. The summed E-state index contributed by atoms with van der Waals surface area (Å²) in [4.78, 5) is 40.7. The standard InChI is InChI=1S/C19H19N5O2.2C2HF3O2/c1-23-16(4-7-22-23)18-17(19(25)26)15-5-8-24(12-14(15)10-21-18)11-13-3-2-6-20-9-13;2*3-2(4,5)1(6)7/h2-4,6-7,9-10H,5,8,11-12H2,1H3,(H,25,26);2*(H,6,7). The van der Waals surface area contributed by atoms with Gasteiger partial charge in [-0.25, -0.2) is 14.4 Å². The fourth-order valence-corrected chi connectivity index (χ4v) is 3.52. The van der Waals surface area contributed by atoms with Gasteiger partial charge in [-0.1, -0.05) is 6.07 Å². The lowest BCUT2D eigenvalue weighted by Gasteiger charge is -2.29. The molecule has 0 aliphatic carbocycles. The predicted molar refractivity (Wildman–Crippen MR) is 123 cm³/mol. The Bertz CT molecular complexity index is 1320. The number of aliphatic carboxylic acids is 2. The number of carboxylic acids is 3. The summed E-state index contributed by atoms with van der Waals surface area (Å²) in [5.41, 5.74) is 4.50. The minimum atomic E-state index is -5.08. The molecule has 0 fully saturated rings. The van der Waals surface area contributed by atoms with Crippen molar-refractivity contribution in [3.63, 3.8) is 0 Å². The van der Waals surface area contributed by atoms with E-state index in [2.05, 4.69) is 26.0 Å². The van der Waals surface area contributed by atoms with Crippen LogP contribution in [0.3, 0.4) is 0 Å². The van der Waals surface area contributed by atoms with Crippen LogP contribution in [0.15, 0.2) is 43.0 Å². The molecule has 0 amide bonds. The molecule has 11 nitrogen and oxygen atoms in total. The summed E-state index contributed by atoms with van der Waals surface area (Å²) in [7, 11) is 1.79. The second-order valence-electron chi connectivity index (χ2n) is 8.06. The lowest BCUT2D eigenvalue weighted by atomic mass is 9.93. The Morgan fingerprint density at radius 1 is 0.950 bits per heavy atom. The van der Waals surface area contributed by atoms with Crippen LogP contribution in [0.25, 0.3) is 11.4 Å². The first-order valence-electron chi connectivity index (χ1n) is 11.0. The van der Waals surface area contributed by atoms with Crippen molar-refractivity contribution in [2.24, 2.45) is 7.05 Å². The van der Waals surface area contributed by atoms with E-state index < -0.39 is 30.3 Å². The van der Waals surface area contributed by atoms with Gasteiger partial charge in [0.1, 0.15) is 5.69 Å². The van der Waals surface area contributed by atoms with Gasteiger partial charge in [-0.15, -0.1) is 0 Å². The quantitative estimate of drug-likeness (QED) is 0.393. The van der Waals surface area contributed by atoms with E-state index in [0.29, 0.717) is 29.9 Å². The lowest BCUT2D eigenvalue weighted by Crippen LogP contribution is -2.31. The molecule has 0 aromatic carbocycles. The van der Waals surface area contributed by atoms with Gasteiger partial charge < -0.3 is 15.3 Å². The number of alkyl halides is 6. The SMILES string of the molecule is Cn1nccc1-c1ncc2c(c1C(=O)O)CCN(Cc1cccnc1)C2.O=C(O)C(F)(F)F.O=C(O)C(F)(F)F. The molecule has 0 spiro atoms. The smallest absolute Gasteiger partial charge is 0.478 e. The Morgan fingerprint density at radius 2 is 1.55 bits per heavy atom. The number of pyridine rings is 2. The van der Waals surface area contributed by atoms with Crippen molar-refractivity contribution in [3.8, 4) is 11.4 Å². The highest BCUT2D eigenvalue weighted by molar-refractivity contribution is 5.96. The van der Waals surface area contributed by atoms with Gasteiger partial charge in [0.2, 0.25) is 0 Å². The van der Waals surface area contributed by atoms with Gasteiger partial charge in [0.15, 0.2) is 0 Å². The number of aryl methyl sites for hydroxylation is 1. The third kappa shape index (κ3) is 8.75. The number of rotatable bonds is 4. The van der Waals surface area contributed by atoms with Crippen LogP contribution < -0.4 is 0 Å². The van der Waals surface area contributed by atoms with E-state index in [1.54, 1.807) is 36.4 Å². The van der Waals surface area contributed by atoms with E-state index in [0.717, 1.165) is 29.8 Å². The van der Waals surface area contributed by atoms with Crippen molar-refractivity contribution >= 4 is 17.9 Å². The van der Waals surface area contributed by atoms with E-state index in [1.807, 2.05) is 12.3 Å². The van der Waals surface area contributed by atoms with Gasteiger partial charge in [-0.05, 0) is 35.2 Å². The molecule has 0 unspecified atom stereocenters. The molecule has 3 aromatic heterocycles. The number of nitrogens with zero attached hydrogens (tertiary/aromatic N) is 5. The van der Waals surface area contributed by atoms with Gasteiger partial charge in [0.05, 0.1) is 11.3 Å². The van der Waals surface area contributed by atoms with Crippen LogP contribution in [0.4, 0.5) is 26.3 Å². The maximum absolute atomic E-state index is 12.0. The molecule has 0 bridgehead atoms. The van der Waals surface area contributed by atoms with Crippen LogP contribution in [0, 0.1) is 0 Å². The first-order chi connectivity index (χ1) is 18.5. The number of halogens is 6. The average Bonchev–Trinajstić information content (AvgIpc) is 3.29. The first kappa shape index (κ1) is 31.7. The zero-order valence-electron chi connectivity index (χ0n) is 20.4. The molecule has 17 heteroatoms. The Hall–Kier alpha value is -4.54. The molecule has 4 rings (SSSR count). The van der Waals surface area contributed by atoms with Crippen LogP contribution in [0.5, 0.6) is 0 Å². The molecular weight excluding hydrogens is 556 g/mol. The highest BCUT2D eigenvalue weighted by Gasteiger charge is 2.38. The van der Waals surface area contributed by atoms with Crippen LogP contribution >= 0.6 is 0 Å². The van der Waals surface area contributed by atoms with E-state index in [-0.39, 0.29) is 0 Å². The summed E-state index contributed by atoms with van der Waals surface area (Å²) >= 11 is 0. The van der Waals surface area contributed by atoms with Crippen LogP contribution in [-0.2, 0) is 36.1 Å². The fourth-order valence-electron chi connectivity index (χ4n) is 3.52. The minimum absolute atomic E-state index is 0.298. The Balaban J connectivity index is 0.000000333. The van der Waals surface area contributed by atoms with Crippen molar-refractivity contribution in [2.75, 3.05) is 6.54 Å². The highest BCUT2D eigenvalue weighted by atomic mass is 19.4. The Labute approximate surface area is 221 Å². The molecule has 40 heavy (non-hydrogen) atoms. The number of aromatic nitrogens is 4. The minimum Gasteiger partial charge on any atom is -0.478 e. The van der Waals surface area contributed by atoms with E-state index in [9.17, 15) is 36.2 Å². The number of hydrogen-bond donors (Lipinski definition) is 3. The summed E-state index contributed by atoms with van der Waals surface area (Å²) in [5.74, 6) is -6.45. The Morgan fingerprint density at radius 3 is 2.00 bits per heavy atom. The lowest BCUT2D eigenvalue weighted by molar-refractivity contribution is -0.193. The summed E-state index contributed by atoms with van der Waals surface area (Å²) in [5, 5.41) is 28.2. The number of aromatic carboxylic acids is 1. The number of carbonyl (C=O) groups is 3. The van der Waals surface area contributed by atoms with Gasteiger partial charge in [-0.3, -0.25) is 19.5 Å². The second-order valence-corrected chi connectivity index (χ2v) is 8.06. The van der Waals surface area contributed by atoms with Gasteiger partial charge in [-0.2, -0.15) is 31.4 Å². The van der Waals surface area contributed by atoms with Crippen LogP contribution in [0.2, 0.25) is 0 Å². The normalized spacial score (nSPS) is 13.2. The highest BCUT2D eigenvalue weighted by Crippen LogP contribution is 2.30. The van der Waals surface area contributed by atoms with Gasteiger partial charge >= 0.3 is 30.3 Å². The second kappa shape index (κ2) is 13.0. The van der Waals surface area contributed by atoms with Crippen molar-refractivity contribution in [1.29, 1.82) is 0 Å². The third-order valence-corrected chi connectivity index (χ3v) is 5.24. The number of fused-ring (bicyclic) bond motifs is 1. The molecule has 0 saturated heterocycles. The largest absolute Gasteiger partial charge is 0.490 e. The monoisotopic (exact) mass is 577 g/mol. The molecular formula is C23H21F6N5O6. The summed E-state index contributed by atoms with van der Waals surface area (Å²) in [6.07, 6.45) is -2.40. The van der Waals surface area contributed by atoms with Crippen LogP contribution in [-0.4, -0.2) is 76.8 Å². The van der Waals surface area contributed by atoms with E-state index in [4.69, 9.17) is 19.8 Å². The first-order valence-corrected chi connectivity index (χ1v) is 11.0. The van der Waals surface area contributed by atoms with E-state index in [1.165, 1.54) is 0 Å². The molecule has 1 aliphatic heterocycles. The molecule has 4 heterocycles. The molecule has 0 radical (unpaired) electrons. The van der Waals surface area contributed by atoms with Crippen molar-refractivity contribution < 1.29 is 56.0 Å². The van der Waals surface area contributed by atoms with Gasteiger partial charge in [0.25, 0.3) is 0 Å². The van der Waals surface area contributed by atoms with Crippen LogP contribution in [0.1, 0.15) is 27.0 Å². The van der Waals surface area contributed by atoms with Crippen molar-refractivity contribution in [3.05, 3.63) is 65.2 Å². The molecule has 3 N–H and O–H groups in total. The fraction of sp³-hybridized carbons (Fsp3) is 0.304. The summed E-state index contributed by atoms with van der Waals surface area (Å²) in [6, 6.07) is 5.77. The van der Waals surface area contributed by atoms with Crippen molar-refractivity contribution in [2.45, 2.75) is 31.9 Å². The number of hydrogen-bond acceptors (Lipinski definition) is 7. The average molecular weight is 577 g/mol. The molecule has 216 valence electrons. The molecule has 1 aliphatic rings.